The Balaban J connectivity index is 1.68. The van der Waals surface area contributed by atoms with Gasteiger partial charge >= 0.3 is 6.03 Å². The number of benzene rings is 1. The number of aromatic nitrogens is 1. The van der Waals surface area contributed by atoms with Gasteiger partial charge in [-0.15, -0.1) is 0 Å². The number of hydrogen-bond acceptors (Lipinski definition) is 5. The zero-order valence-corrected chi connectivity index (χ0v) is 17.0. The van der Waals surface area contributed by atoms with E-state index in [1.807, 2.05) is 23.1 Å². The average Bonchev–Trinajstić information content (AvgIpc) is 2.72. The fourth-order valence-electron chi connectivity index (χ4n) is 3.05. The Kier molecular flexibility index (Phi) is 7.26. The molecule has 1 fully saturated rings. The number of halogens is 1. The number of pyridine rings is 1. The monoisotopic (exact) mass is 417 g/mol. The Morgan fingerprint density at radius 2 is 2.28 bits per heavy atom. The number of rotatable bonds is 7. The lowest BCUT2D eigenvalue weighted by Gasteiger charge is -2.29. The van der Waals surface area contributed by atoms with Crippen molar-refractivity contribution in [2.24, 2.45) is 0 Å². The molecule has 154 valence electrons. The highest BCUT2D eigenvalue weighted by Gasteiger charge is 2.20. The van der Waals surface area contributed by atoms with E-state index in [1.54, 1.807) is 36.5 Å². The summed E-state index contributed by atoms with van der Waals surface area (Å²) in [6.07, 6.45) is 3.42. The molecular formula is C20H24ClN5O3. The van der Waals surface area contributed by atoms with Gasteiger partial charge in [-0.05, 0) is 29.8 Å². The Morgan fingerprint density at radius 3 is 2.97 bits per heavy atom. The van der Waals surface area contributed by atoms with Crippen molar-refractivity contribution >= 4 is 34.9 Å². The molecule has 0 spiro atoms. The van der Waals surface area contributed by atoms with E-state index < -0.39 is 0 Å². The van der Waals surface area contributed by atoms with Crippen LogP contribution in [-0.2, 0) is 16.1 Å². The highest BCUT2D eigenvalue weighted by Crippen LogP contribution is 2.29. The number of hydrogen-bond donors (Lipinski definition) is 2. The first-order valence-electron chi connectivity index (χ1n) is 9.32. The quantitative estimate of drug-likeness (QED) is 0.722. The number of carbonyl (C=O) groups excluding carboxylic acids is 2. The molecule has 3 rings (SSSR count). The van der Waals surface area contributed by atoms with Crippen molar-refractivity contribution < 1.29 is 14.3 Å². The molecule has 1 saturated heterocycles. The maximum absolute atomic E-state index is 12.8. The maximum Gasteiger partial charge on any atom is 0.322 e. The first-order chi connectivity index (χ1) is 14.1. The molecule has 8 nitrogen and oxygen atoms in total. The molecule has 0 saturated carbocycles. The lowest BCUT2D eigenvalue weighted by molar-refractivity contribution is -0.120. The molecule has 1 aliphatic heterocycles. The van der Waals surface area contributed by atoms with E-state index in [0.717, 1.165) is 11.3 Å². The van der Waals surface area contributed by atoms with Crippen LogP contribution in [0.3, 0.4) is 0 Å². The third kappa shape index (κ3) is 5.82. The van der Waals surface area contributed by atoms with Crippen molar-refractivity contribution in [2.45, 2.75) is 6.54 Å². The number of anilines is 2. The topological polar surface area (TPSA) is 86.8 Å². The summed E-state index contributed by atoms with van der Waals surface area (Å²) in [5, 5.41) is 6.15. The third-order valence-electron chi connectivity index (χ3n) is 4.53. The SMILES string of the molecule is COCCN(Cc1cccnc1)C(=O)Nc1ccc(N2CCNC(=O)C2)c(Cl)c1. The van der Waals surface area contributed by atoms with Crippen LogP contribution >= 0.6 is 11.6 Å². The average molecular weight is 418 g/mol. The van der Waals surface area contributed by atoms with Gasteiger partial charge in [-0.2, -0.15) is 0 Å². The van der Waals surface area contributed by atoms with E-state index in [0.29, 0.717) is 43.5 Å². The second kappa shape index (κ2) is 10.1. The van der Waals surface area contributed by atoms with E-state index in [1.165, 1.54) is 0 Å². The summed E-state index contributed by atoms with van der Waals surface area (Å²) in [7, 11) is 1.60. The van der Waals surface area contributed by atoms with Crippen molar-refractivity contribution in [3.63, 3.8) is 0 Å². The van der Waals surface area contributed by atoms with E-state index >= 15 is 0 Å². The fraction of sp³-hybridized carbons (Fsp3) is 0.350. The number of urea groups is 1. The Hall–Kier alpha value is -2.84. The minimum Gasteiger partial charge on any atom is -0.383 e. The summed E-state index contributed by atoms with van der Waals surface area (Å²) in [5.74, 6) is -0.0334. The van der Waals surface area contributed by atoms with Crippen LogP contribution in [0.4, 0.5) is 16.2 Å². The predicted molar refractivity (Wildman–Crippen MR) is 112 cm³/mol. The lowest BCUT2D eigenvalue weighted by Crippen LogP contribution is -2.47. The minimum atomic E-state index is -0.257. The van der Waals surface area contributed by atoms with Crippen molar-refractivity contribution in [3.05, 3.63) is 53.3 Å². The third-order valence-corrected chi connectivity index (χ3v) is 4.83. The van der Waals surface area contributed by atoms with Crippen LogP contribution in [0.25, 0.3) is 0 Å². The highest BCUT2D eigenvalue weighted by molar-refractivity contribution is 6.33. The Labute approximate surface area is 174 Å². The number of methoxy groups -OCH3 is 1. The van der Waals surface area contributed by atoms with Gasteiger partial charge < -0.3 is 25.2 Å². The van der Waals surface area contributed by atoms with Gasteiger partial charge in [-0.25, -0.2) is 4.79 Å². The predicted octanol–water partition coefficient (Wildman–Crippen LogP) is 2.35. The van der Waals surface area contributed by atoms with Crippen molar-refractivity contribution in [2.75, 3.05) is 50.1 Å². The molecule has 1 aromatic heterocycles. The molecule has 0 radical (unpaired) electrons. The van der Waals surface area contributed by atoms with Gasteiger partial charge in [0.25, 0.3) is 0 Å². The first kappa shape index (κ1) is 20.9. The van der Waals surface area contributed by atoms with E-state index in [2.05, 4.69) is 15.6 Å². The minimum absolute atomic E-state index is 0.0334. The number of piperazine rings is 1. The van der Waals surface area contributed by atoms with Crippen molar-refractivity contribution in [1.82, 2.24) is 15.2 Å². The second-order valence-electron chi connectivity index (χ2n) is 6.64. The molecule has 1 aliphatic rings. The summed E-state index contributed by atoms with van der Waals surface area (Å²) >= 11 is 6.42. The van der Waals surface area contributed by atoms with Gasteiger partial charge in [0.05, 0.1) is 23.9 Å². The van der Waals surface area contributed by atoms with Crippen LogP contribution in [0, 0.1) is 0 Å². The van der Waals surface area contributed by atoms with Crippen LogP contribution in [0.1, 0.15) is 5.56 Å². The molecule has 0 bridgehead atoms. The zero-order chi connectivity index (χ0) is 20.6. The van der Waals surface area contributed by atoms with Crippen LogP contribution < -0.4 is 15.5 Å². The molecule has 29 heavy (non-hydrogen) atoms. The Morgan fingerprint density at radius 1 is 1.41 bits per heavy atom. The number of ether oxygens (including phenoxy) is 1. The molecule has 2 heterocycles. The van der Waals surface area contributed by atoms with E-state index in [-0.39, 0.29) is 18.5 Å². The maximum atomic E-state index is 12.8. The van der Waals surface area contributed by atoms with Crippen LogP contribution in [0.5, 0.6) is 0 Å². The number of nitrogens with zero attached hydrogens (tertiary/aromatic N) is 3. The summed E-state index contributed by atoms with van der Waals surface area (Å²) in [6, 6.07) is 8.79. The number of nitrogens with one attached hydrogen (secondary N) is 2. The fourth-order valence-corrected chi connectivity index (χ4v) is 3.35. The van der Waals surface area contributed by atoms with Crippen molar-refractivity contribution in [3.8, 4) is 0 Å². The number of amides is 3. The summed E-state index contributed by atoms with van der Waals surface area (Å²) < 4.78 is 5.12. The molecular weight excluding hydrogens is 394 g/mol. The van der Waals surface area contributed by atoms with Gasteiger partial charge in [-0.3, -0.25) is 9.78 Å². The molecule has 0 aliphatic carbocycles. The molecule has 9 heteroatoms. The smallest absolute Gasteiger partial charge is 0.322 e. The largest absolute Gasteiger partial charge is 0.383 e. The van der Waals surface area contributed by atoms with E-state index in [4.69, 9.17) is 16.3 Å². The van der Waals surface area contributed by atoms with Crippen LogP contribution in [0.2, 0.25) is 5.02 Å². The summed E-state index contributed by atoms with van der Waals surface area (Å²) in [4.78, 5) is 32.1. The van der Waals surface area contributed by atoms with Gasteiger partial charge in [0.2, 0.25) is 5.91 Å². The van der Waals surface area contributed by atoms with Gasteiger partial charge in [0.1, 0.15) is 0 Å². The lowest BCUT2D eigenvalue weighted by atomic mass is 10.2. The van der Waals surface area contributed by atoms with Crippen LogP contribution in [-0.4, -0.2) is 61.7 Å². The van der Waals surface area contributed by atoms with Crippen molar-refractivity contribution in [1.29, 1.82) is 0 Å². The standard InChI is InChI=1S/C20H24ClN5O3/c1-29-10-9-26(13-15-3-2-6-22-12-15)20(28)24-16-4-5-18(17(21)11-16)25-8-7-23-19(27)14-25/h2-6,11-12H,7-10,13-14H2,1H3,(H,23,27)(H,24,28). The van der Waals surface area contributed by atoms with E-state index in [9.17, 15) is 9.59 Å². The normalized spacial score (nSPS) is 13.7. The highest BCUT2D eigenvalue weighted by atomic mass is 35.5. The summed E-state index contributed by atoms with van der Waals surface area (Å²) in [5.41, 5.74) is 2.28. The molecule has 2 aromatic rings. The molecule has 3 amide bonds. The zero-order valence-electron chi connectivity index (χ0n) is 16.2. The Bertz CT molecular complexity index is 849. The van der Waals surface area contributed by atoms with Gasteiger partial charge in [0, 0.05) is 51.4 Å². The molecule has 1 aromatic carbocycles. The van der Waals surface area contributed by atoms with Gasteiger partial charge in [0.15, 0.2) is 0 Å². The molecule has 0 atom stereocenters. The van der Waals surface area contributed by atoms with Gasteiger partial charge in [-0.1, -0.05) is 17.7 Å². The van der Waals surface area contributed by atoms with Crippen LogP contribution in [0.15, 0.2) is 42.7 Å². The second-order valence-corrected chi connectivity index (χ2v) is 7.05. The molecule has 2 N–H and O–H groups in total. The summed E-state index contributed by atoms with van der Waals surface area (Å²) in [6.45, 7) is 2.80. The molecule has 0 unspecified atom stereocenters. The first-order valence-corrected chi connectivity index (χ1v) is 9.69. The number of carbonyl (C=O) groups is 2.